The number of aromatic nitrogens is 2. The third-order valence-electron chi connectivity index (χ3n) is 4.75. The van der Waals surface area contributed by atoms with Crippen LogP contribution in [0.2, 0.25) is 0 Å². The molecule has 1 aromatic carbocycles. The first-order valence-corrected chi connectivity index (χ1v) is 9.00. The molecule has 2 aromatic heterocycles. The van der Waals surface area contributed by atoms with E-state index in [2.05, 4.69) is 27.4 Å². The van der Waals surface area contributed by atoms with Crippen LogP contribution in [0.5, 0.6) is 0 Å². The molecule has 0 bridgehead atoms. The van der Waals surface area contributed by atoms with Crippen molar-refractivity contribution in [1.29, 1.82) is 0 Å². The highest BCUT2D eigenvalue weighted by Crippen LogP contribution is 2.11. The molecule has 1 fully saturated rings. The van der Waals surface area contributed by atoms with Gasteiger partial charge in [0.25, 0.3) is 0 Å². The van der Waals surface area contributed by atoms with Crippen LogP contribution in [0.25, 0.3) is 5.52 Å². The van der Waals surface area contributed by atoms with Crippen molar-refractivity contribution >= 4 is 11.5 Å². The fourth-order valence-corrected chi connectivity index (χ4v) is 3.29. The van der Waals surface area contributed by atoms with Crippen molar-refractivity contribution in [3.05, 3.63) is 72.1 Å². The minimum Gasteiger partial charge on any atom is -0.334 e. The second-order valence-corrected chi connectivity index (χ2v) is 6.61. The van der Waals surface area contributed by atoms with Crippen LogP contribution >= 0.6 is 0 Å². The molecule has 134 valence electrons. The van der Waals surface area contributed by atoms with E-state index in [1.54, 1.807) is 0 Å². The Kier molecular flexibility index (Phi) is 4.84. The molecule has 1 N–H and O–H groups in total. The summed E-state index contributed by atoms with van der Waals surface area (Å²) in [7, 11) is 0. The number of nitrogens with one attached hydrogen (secondary N) is 1. The summed E-state index contributed by atoms with van der Waals surface area (Å²) >= 11 is 0. The normalized spacial score (nSPS) is 15.3. The van der Waals surface area contributed by atoms with Gasteiger partial charge in [0, 0.05) is 45.5 Å². The van der Waals surface area contributed by atoms with Gasteiger partial charge in [-0.1, -0.05) is 36.4 Å². The highest BCUT2D eigenvalue weighted by Gasteiger charge is 2.21. The molecular weight excluding hydrogens is 326 g/mol. The number of rotatable bonds is 4. The predicted octanol–water partition coefficient (Wildman–Crippen LogP) is 2.36. The van der Waals surface area contributed by atoms with Crippen LogP contribution in [-0.2, 0) is 13.1 Å². The highest BCUT2D eigenvalue weighted by atomic mass is 16.2. The molecule has 6 heteroatoms. The first-order valence-electron chi connectivity index (χ1n) is 9.00. The summed E-state index contributed by atoms with van der Waals surface area (Å²) in [5.41, 5.74) is 3.30. The monoisotopic (exact) mass is 349 g/mol. The van der Waals surface area contributed by atoms with Gasteiger partial charge in [-0.05, 0) is 23.8 Å². The number of carbonyl (C=O) groups is 1. The van der Waals surface area contributed by atoms with Crippen LogP contribution in [-0.4, -0.2) is 51.6 Å². The Morgan fingerprint density at radius 3 is 2.54 bits per heavy atom. The number of pyridine rings is 1. The number of piperazine rings is 1. The van der Waals surface area contributed by atoms with Crippen molar-refractivity contribution in [3.8, 4) is 0 Å². The first-order chi connectivity index (χ1) is 12.8. The van der Waals surface area contributed by atoms with Crippen LogP contribution in [0.15, 0.2) is 60.8 Å². The van der Waals surface area contributed by atoms with E-state index in [0.717, 1.165) is 49.5 Å². The molecule has 0 atom stereocenters. The SMILES string of the molecule is O=C(NCc1ccccc1)N1CCN(Cc2cc3ccccn3n2)CC1. The summed E-state index contributed by atoms with van der Waals surface area (Å²) in [5, 5.41) is 7.61. The summed E-state index contributed by atoms with van der Waals surface area (Å²) < 4.78 is 1.91. The molecule has 1 saturated heterocycles. The number of fused-ring (bicyclic) bond motifs is 1. The second-order valence-electron chi connectivity index (χ2n) is 6.61. The van der Waals surface area contributed by atoms with Crippen LogP contribution in [0, 0.1) is 0 Å². The van der Waals surface area contributed by atoms with Gasteiger partial charge < -0.3 is 10.2 Å². The van der Waals surface area contributed by atoms with Crippen molar-refractivity contribution in [2.75, 3.05) is 26.2 Å². The molecule has 3 heterocycles. The van der Waals surface area contributed by atoms with Crippen molar-refractivity contribution in [2.45, 2.75) is 13.1 Å². The molecule has 0 saturated carbocycles. The number of carbonyl (C=O) groups excluding carboxylic acids is 1. The van der Waals surface area contributed by atoms with Gasteiger partial charge in [0.2, 0.25) is 0 Å². The van der Waals surface area contributed by atoms with E-state index in [-0.39, 0.29) is 6.03 Å². The van der Waals surface area contributed by atoms with Crippen molar-refractivity contribution < 1.29 is 4.79 Å². The van der Waals surface area contributed by atoms with Gasteiger partial charge in [0.1, 0.15) is 0 Å². The van der Waals surface area contributed by atoms with E-state index >= 15 is 0 Å². The van der Waals surface area contributed by atoms with Crippen molar-refractivity contribution in [3.63, 3.8) is 0 Å². The number of amides is 2. The van der Waals surface area contributed by atoms with E-state index < -0.39 is 0 Å². The Bertz CT molecular complexity index is 835. The molecule has 26 heavy (non-hydrogen) atoms. The maximum Gasteiger partial charge on any atom is 0.317 e. The van der Waals surface area contributed by atoms with Crippen LogP contribution < -0.4 is 5.32 Å². The third kappa shape index (κ3) is 3.86. The van der Waals surface area contributed by atoms with Crippen LogP contribution in [0.4, 0.5) is 4.79 Å². The van der Waals surface area contributed by atoms with E-state index in [9.17, 15) is 4.79 Å². The Labute approximate surface area is 153 Å². The van der Waals surface area contributed by atoms with E-state index in [1.807, 2.05) is 58.1 Å². The molecule has 1 aliphatic heterocycles. The molecule has 0 unspecified atom stereocenters. The molecule has 0 aliphatic carbocycles. The molecule has 0 radical (unpaired) electrons. The summed E-state index contributed by atoms with van der Waals surface area (Å²) in [6.45, 7) is 4.61. The van der Waals surface area contributed by atoms with Gasteiger partial charge in [-0.3, -0.25) is 4.90 Å². The molecule has 1 aliphatic rings. The Morgan fingerprint density at radius 2 is 1.77 bits per heavy atom. The topological polar surface area (TPSA) is 52.9 Å². The maximum absolute atomic E-state index is 12.3. The zero-order chi connectivity index (χ0) is 17.8. The standard InChI is InChI=1S/C20H23N5O/c26-20(21-15-17-6-2-1-3-7-17)24-12-10-23(11-13-24)16-18-14-19-8-4-5-9-25(19)22-18/h1-9,14H,10-13,15-16H2,(H,21,26). The molecule has 0 spiro atoms. The molecule has 6 nitrogen and oxygen atoms in total. The minimum atomic E-state index is 0.0150. The molecular formula is C20H23N5O. The van der Waals surface area contributed by atoms with Crippen LogP contribution in [0.3, 0.4) is 0 Å². The molecule has 2 amide bonds. The zero-order valence-electron chi connectivity index (χ0n) is 14.7. The Morgan fingerprint density at radius 1 is 1.00 bits per heavy atom. The lowest BCUT2D eigenvalue weighted by atomic mass is 10.2. The van der Waals surface area contributed by atoms with Crippen molar-refractivity contribution in [1.82, 2.24) is 24.7 Å². The van der Waals surface area contributed by atoms with Gasteiger partial charge in [-0.15, -0.1) is 0 Å². The zero-order valence-corrected chi connectivity index (χ0v) is 14.7. The van der Waals surface area contributed by atoms with E-state index in [4.69, 9.17) is 0 Å². The van der Waals surface area contributed by atoms with Crippen LogP contribution in [0.1, 0.15) is 11.3 Å². The fraction of sp³-hybridized carbons (Fsp3) is 0.300. The Hall–Kier alpha value is -2.86. The van der Waals surface area contributed by atoms with Gasteiger partial charge in [0.05, 0.1) is 11.2 Å². The van der Waals surface area contributed by atoms with Crippen molar-refractivity contribution in [2.24, 2.45) is 0 Å². The smallest absolute Gasteiger partial charge is 0.317 e. The average Bonchev–Trinajstić information content (AvgIpc) is 3.10. The summed E-state index contributed by atoms with van der Waals surface area (Å²) in [5.74, 6) is 0. The van der Waals surface area contributed by atoms with Gasteiger partial charge in [-0.25, -0.2) is 9.31 Å². The lowest BCUT2D eigenvalue weighted by Gasteiger charge is -2.34. The summed E-state index contributed by atoms with van der Waals surface area (Å²) in [6, 6.07) is 18.2. The van der Waals surface area contributed by atoms with E-state index in [1.165, 1.54) is 0 Å². The minimum absolute atomic E-state index is 0.0150. The highest BCUT2D eigenvalue weighted by molar-refractivity contribution is 5.74. The average molecular weight is 349 g/mol. The second kappa shape index (κ2) is 7.58. The third-order valence-corrected chi connectivity index (χ3v) is 4.75. The maximum atomic E-state index is 12.3. The van der Waals surface area contributed by atoms with Gasteiger partial charge >= 0.3 is 6.03 Å². The number of urea groups is 1. The van der Waals surface area contributed by atoms with Gasteiger partial charge in [-0.2, -0.15) is 5.10 Å². The fourth-order valence-electron chi connectivity index (χ4n) is 3.29. The quantitative estimate of drug-likeness (QED) is 0.787. The van der Waals surface area contributed by atoms with E-state index in [0.29, 0.717) is 6.54 Å². The Balaban J connectivity index is 1.26. The lowest BCUT2D eigenvalue weighted by Crippen LogP contribution is -2.51. The molecule has 3 aromatic rings. The summed E-state index contributed by atoms with van der Waals surface area (Å²) in [4.78, 5) is 16.6. The number of benzene rings is 1. The summed E-state index contributed by atoms with van der Waals surface area (Å²) in [6.07, 6.45) is 1.97. The largest absolute Gasteiger partial charge is 0.334 e. The predicted molar refractivity (Wildman–Crippen MR) is 101 cm³/mol. The number of nitrogens with zero attached hydrogens (tertiary/aromatic N) is 4. The lowest BCUT2D eigenvalue weighted by molar-refractivity contribution is 0.134. The molecule has 4 rings (SSSR count). The van der Waals surface area contributed by atoms with Gasteiger partial charge in [0.15, 0.2) is 0 Å². The first kappa shape index (κ1) is 16.6. The number of hydrogen-bond donors (Lipinski definition) is 1. The number of hydrogen-bond acceptors (Lipinski definition) is 3.